The molecule has 0 aliphatic carbocycles. The second-order valence-corrected chi connectivity index (χ2v) is 3.89. The summed E-state index contributed by atoms with van der Waals surface area (Å²) in [5.41, 5.74) is 0.733. The predicted molar refractivity (Wildman–Crippen MR) is 65.7 cm³/mol. The van der Waals surface area contributed by atoms with Crippen molar-refractivity contribution in [3.05, 3.63) is 35.6 Å². The molecule has 0 spiro atoms. The number of nitrogens with one attached hydrogen (secondary N) is 1. The highest BCUT2D eigenvalue weighted by Gasteiger charge is 2.05. The maximum Gasteiger partial charge on any atom is 0.224 e. The first-order valence-electron chi connectivity index (χ1n) is 5.04. The Balaban J connectivity index is 2.54. The molecule has 0 bridgehead atoms. The van der Waals surface area contributed by atoms with E-state index in [1.54, 1.807) is 18.5 Å². The van der Waals surface area contributed by atoms with Gasteiger partial charge in [-0.3, -0.25) is 9.78 Å². The Bertz CT molecular complexity index is 540. The number of aromatic nitrogens is 1. The molecule has 0 saturated carbocycles. The van der Waals surface area contributed by atoms with E-state index in [-0.39, 0.29) is 5.91 Å². The third-order valence-electron chi connectivity index (χ3n) is 2.31. The van der Waals surface area contributed by atoms with Gasteiger partial charge >= 0.3 is 0 Å². The van der Waals surface area contributed by atoms with E-state index in [1.807, 2.05) is 19.1 Å². The van der Waals surface area contributed by atoms with E-state index in [9.17, 15) is 4.79 Å². The van der Waals surface area contributed by atoms with E-state index >= 15 is 0 Å². The first-order valence-corrected chi connectivity index (χ1v) is 5.41. The Labute approximate surface area is 98.4 Å². The molecule has 4 heteroatoms. The van der Waals surface area contributed by atoms with Crippen LogP contribution in [0, 0.1) is 0 Å². The van der Waals surface area contributed by atoms with Gasteiger partial charge < -0.3 is 5.32 Å². The number of nitrogens with zero attached hydrogens (tertiary/aromatic N) is 1. The Morgan fingerprint density at radius 1 is 1.50 bits per heavy atom. The molecule has 2 rings (SSSR count). The zero-order valence-corrected chi connectivity index (χ0v) is 9.58. The SMILES string of the molecule is CCC(=O)Nc1cc(Cl)cc2cnccc12. The molecule has 1 aromatic carbocycles. The summed E-state index contributed by atoms with van der Waals surface area (Å²) in [6.07, 6.45) is 3.86. The number of fused-ring (bicyclic) bond motifs is 1. The second kappa shape index (κ2) is 4.49. The summed E-state index contributed by atoms with van der Waals surface area (Å²) in [4.78, 5) is 15.4. The zero-order chi connectivity index (χ0) is 11.5. The van der Waals surface area contributed by atoms with Gasteiger partial charge in [0.2, 0.25) is 5.91 Å². The van der Waals surface area contributed by atoms with Crippen LogP contribution in [0.4, 0.5) is 5.69 Å². The van der Waals surface area contributed by atoms with Gasteiger partial charge in [0.05, 0.1) is 5.69 Å². The third-order valence-corrected chi connectivity index (χ3v) is 2.53. The number of carbonyl (C=O) groups is 1. The number of hydrogen-bond acceptors (Lipinski definition) is 2. The van der Waals surface area contributed by atoms with Crippen LogP contribution >= 0.6 is 11.6 Å². The van der Waals surface area contributed by atoms with E-state index < -0.39 is 0 Å². The molecule has 0 fully saturated rings. The van der Waals surface area contributed by atoms with Gasteiger partial charge in [0.1, 0.15) is 0 Å². The fourth-order valence-electron chi connectivity index (χ4n) is 1.51. The van der Waals surface area contributed by atoms with Crippen molar-refractivity contribution in [1.29, 1.82) is 0 Å². The Hall–Kier alpha value is -1.61. The van der Waals surface area contributed by atoms with Crippen LogP contribution in [0.15, 0.2) is 30.6 Å². The average Bonchev–Trinajstić information content (AvgIpc) is 2.28. The summed E-state index contributed by atoms with van der Waals surface area (Å²) in [6.45, 7) is 1.81. The van der Waals surface area contributed by atoms with Gasteiger partial charge in [-0.25, -0.2) is 0 Å². The molecule has 16 heavy (non-hydrogen) atoms. The van der Waals surface area contributed by atoms with Crippen molar-refractivity contribution < 1.29 is 4.79 Å². The molecule has 2 aromatic rings. The van der Waals surface area contributed by atoms with Crippen molar-refractivity contribution in [3.63, 3.8) is 0 Å². The molecule has 82 valence electrons. The van der Waals surface area contributed by atoms with Gasteiger partial charge in [0.15, 0.2) is 0 Å². The summed E-state index contributed by atoms with van der Waals surface area (Å²) >= 11 is 5.97. The lowest BCUT2D eigenvalue weighted by Gasteiger charge is -2.08. The Kier molecular flexibility index (Phi) is 3.06. The number of anilines is 1. The number of rotatable bonds is 2. The van der Waals surface area contributed by atoms with Crippen LogP contribution in [-0.2, 0) is 4.79 Å². The minimum atomic E-state index is -0.0274. The largest absolute Gasteiger partial charge is 0.325 e. The first kappa shape index (κ1) is 10.9. The molecule has 0 radical (unpaired) electrons. The fraction of sp³-hybridized carbons (Fsp3) is 0.167. The molecule has 1 N–H and O–H groups in total. The lowest BCUT2D eigenvalue weighted by Crippen LogP contribution is -2.09. The highest BCUT2D eigenvalue weighted by atomic mass is 35.5. The summed E-state index contributed by atoms with van der Waals surface area (Å²) in [7, 11) is 0. The van der Waals surface area contributed by atoms with Gasteiger partial charge in [-0.1, -0.05) is 18.5 Å². The summed E-state index contributed by atoms with van der Waals surface area (Å²) in [5, 5.41) is 5.28. The van der Waals surface area contributed by atoms with Gasteiger partial charge in [-0.2, -0.15) is 0 Å². The van der Waals surface area contributed by atoms with E-state index in [0.29, 0.717) is 11.4 Å². The highest BCUT2D eigenvalue weighted by Crippen LogP contribution is 2.27. The van der Waals surface area contributed by atoms with Crippen molar-refractivity contribution in [2.75, 3.05) is 5.32 Å². The van der Waals surface area contributed by atoms with Crippen LogP contribution < -0.4 is 5.32 Å². The van der Waals surface area contributed by atoms with E-state index in [0.717, 1.165) is 16.5 Å². The summed E-state index contributed by atoms with van der Waals surface area (Å²) in [6, 6.07) is 5.43. The quantitative estimate of drug-likeness (QED) is 0.867. The first-order chi connectivity index (χ1) is 7.70. The van der Waals surface area contributed by atoms with E-state index in [2.05, 4.69) is 10.3 Å². The second-order valence-electron chi connectivity index (χ2n) is 3.45. The molecule has 1 aromatic heterocycles. The van der Waals surface area contributed by atoms with Gasteiger partial charge in [0, 0.05) is 34.6 Å². The fourth-order valence-corrected chi connectivity index (χ4v) is 1.74. The van der Waals surface area contributed by atoms with Crippen LogP contribution in [0.25, 0.3) is 10.8 Å². The van der Waals surface area contributed by atoms with Crippen LogP contribution in [0.5, 0.6) is 0 Å². The number of halogens is 1. The minimum absolute atomic E-state index is 0.0274. The van der Waals surface area contributed by atoms with Crippen molar-refractivity contribution in [2.45, 2.75) is 13.3 Å². The molecule has 1 amide bonds. The highest BCUT2D eigenvalue weighted by molar-refractivity contribution is 6.32. The minimum Gasteiger partial charge on any atom is -0.325 e. The molecular formula is C12H11ClN2O. The standard InChI is InChI=1S/C12H11ClN2O/c1-2-12(16)15-11-6-9(13)5-8-7-14-4-3-10(8)11/h3-7H,2H2,1H3,(H,15,16). The third kappa shape index (κ3) is 2.14. The molecule has 0 aliphatic rings. The Morgan fingerprint density at radius 3 is 3.06 bits per heavy atom. The maximum absolute atomic E-state index is 11.4. The lowest BCUT2D eigenvalue weighted by molar-refractivity contribution is -0.115. The smallest absolute Gasteiger partial charge is 0.224 e. The van der Waals surface area contributed by atoms with Crippen LogP contribution in [0.3, 0.4) is 0 Å². The average molecular weight is 235 g/mol. The van der Waals surface area contributed by atoms with E-state index in [1.165, 1.54) is 0 Å². The Morgan fingerprint density at radius 2 is 2.31 bits per heavy atom. The van der Waals surface area contributed by atoms with Crippen molar-refractivity contribution >= 4 is 34.0 Å². The van der Waals surface area contributed by atoms with Gasteiger partial charge in [0.25, 0.3) is 0 Å². The van der Waals surface area contributed by atoms with E-state index in [4.69, 9.17) is 11.6 Å². The monoisotopic (exact) mass is 234 g/mol. The van der Waals surface area contributed by atoms with Gasteiger partial charge in [-0.05, 0) is 18.2 Å². The molecule has 0 aliphatic heterocycles. The predicted octanol–water partition coefficient (Wildman–Crippen LogP) is 3.24. The number of carbonyl (C=O) groups excluding carboxylic acids is 1. The molecule has 3 nitrogen and oxygen atoms in total. The van der Waals surface area contributed by atoms with Crippen molar-refractivity contribution in [2.24, 2.45) is 0 Å². The summed E-state index contributed by atoms with van der Waals surface area (Å²) in [5.74, 6) is -0.0274. The number of hydrogen-bond donors (Lipinski definition) is 1. The number of amides is 1. The van der Waals surface area contributed by atoms with Crippen molar-refractivity contribution in [1.82, 2.24) is 4.98 Å². The maximum atomic E-state index is 11.4. The normalized spacial score (nSPS) is 10.4. The molecule has 1 heterocycles. The van der Waals surface area contributed by atoms with Crippen molar-refractivity contribution in [3.8, 4) is 0 Å². The molecule has 0 saturated heterocycles. The van der Waals surface area contributed by atoms with Crippen LogP contribution in [-0.4, -0.2) is 10.9 Å². The topological polar surface area (TPSA) is 42.0 Å². The number of pyridine rings is 1. The summed E-state index contributed by atoms with van der Waals surface area (Å²) < 4.78 is 0. The molecular weight excluding hydrogens is 224 g/mol. The number of benzene rings is 1. The zero-order valence-electron chi connectivity index (χ0n) is 8.83. The van der Waals surface area contributed by atoms with Crippen LogP contribution in [0.2, 0.25) is 5.02 Å². The molecule has 0 unspecified atom stereocenters. The van der Waals surface area contributed by atoms with Crippen LogP contribution in [0.1, 0.15) is 13.3 Å². The molecule has 0 atom stereocenters. The lowest BCUT2D eigenvalue weighted by atomic mass is 10.1. The van der Waals surface area contributed by atoms with Gasteiger partial charge in [-0.15, -0.1) is 0 Å².